The van der Waals surface area contributed by atoms with E-state index in [4.69, 9.17) is 0 Å². The number of carbonyl (C=O) groups is 2. The van der Waals surface area contributed by atoms with Crippen LogP contribution in [0.3, 0.4) is 0 Å². The van der Waals surface area contributed by atoms with E-state index in [1.54, 1.807) is 23.1 Å². The summed E-state index contributed by atoms with van der Waals surface area (Å²) in [5.74, 6) is 0.207. The van der Waals surface area contributed by atoms with E-state index in [2.05, 4.69) is 16.3 Å². The molecule has 5 nitrogen and oxygen atoms in total. The summed E-state index contributed by atoms with van der Waals surface area (Å²) < 4.78 is 4.60. The van der Waals surface area contributed by atoms with E-state index >= 15 is 0 Å². The molecule has 0 aromatic carbocycles. The summed E-state index contributed by atoms with van der Waals surface area (Å²) >= 11 is 0. The first-order chi connectivity index (χ1) is 9.17. The van der Waals surface area contributed by atoms with Crippen molar-refractivity contribution in [2.75, 3.05) is 18.6 Å². The fourth-order valence-corrected chi connectivity index (χ4v) is 2.17. The molecule has 1 aromatic rings. The van der Waals surface area contributed by atoms with Crippen LogP contribution in [0.5, 0.6) is 0 Å². The zero-order valence-electron chi connectivity index (χ0n) is 10.8. The van der Waals surface area contributed by atoms with Gasteiger partial charge in [-0.25, -0.2) is 9.78 Å². The maximum atomic E-state index is 12.1. The summed E-state index contributed by atoms with van der Waals surface area (Å²) in [5.41, 5.74) is 0.375. The molecule has 0 aliphatic carbocycles. The fourth-order valence-electron chi connectivity index (χ4n) is 2.17. The minimum Gasteiger partial charge on any atom is -0.465 e. The molecular weight excluding hydrogens is 244 g/mol. The molecule has 2 heterocycles. The number of methoxy groups -OCH3 is 1. The summed E-state index contributed by atoms with van der Waals surface area (Å²) in [6.45, 7) is 4.31. The molecule has 1 aromatic heterocycles. The fraction of sp³-hybridized carbons (Fsp3) is 0.357. The maximum absolute atomic E-state index is 12.1. The Morgan fingerprint density at radius 1 is 1.63 bits per heavy atom. The van der Waals surface area contributed by atoms with Gasteiger partial charge in [-0.1, -0.05) is 6.08 Å². The zero-order valence-corrected chi connectivity index (χ0v) is 10.8. The van der Waals surface area contributed by atoms with Gasteiger partial charge in [-0.2, -0.15) is 0 Å². The zero-order chi connectivity index (χ0) is 13.8. The van der Waals surface area contributed by atoms with Gasteiger partial charge in [0.25, 0.3) is 0 Å². The number of anilines is 1. The molecular formula is C14H16N2O3. The lowest BCUT2D eigenvalue weighted by Gasteiger charge is -2.15. The quantitative estimate of drug-likeness (QED) is 0.612. The van der Waals surface area contributed by atoms with Crippen LogP contribution in [0.4, 0.5) is 5.82 Å². The number of allylic oxidation sites excluding steroid dienone is 1. The lowest BCUT2D eigenvalue weighted by molar-refractivity contribution is -0.120. The number of amides is 1. The molecule has 5 heteroatoms. The Bertz CT molecular complexity index is 496. The third-order valence-electron chi connectivity index (χ3n) is 3.21. The van der Waals surface area contributed by atoms with Crippen molar-refractivity contribution < 1.29 is 14.3 Å². The van der Waals surface area contributed by atoms with Crippen LogP contribution in [0.15, 0.2) is 31.0 Å². The minimum absolute atomic E-state index is 0.000386. The molecule has 100 valence electrons. The summed E-state index contributed by atoms with van der Waals surface area (Å²) in [5, 5.41) is 0. The van der Waals surface area contributed by atoms with Crippen molar-refractivity contribution in [3.63, 3.8) is 0 Å². The standard InChI is InChI=1S/C14H16N2O3/c1-3-4-10-7-8-16(13(10)17)12-6-5-11(9-15-12)14(18)19-2/h3,5-6,9-10H,1,4,7-8H2,2H3/t10-/m0/s1. The van der Waals surface area contributed by atoms with E-state index in [0.29, 0.717) is 24.3 Å². The molecule has 0 unspecified atom stereocenters. The van der Waals surface area contributed by atoms with Gasteiger partial charge < -0.3 is 4.74 Å². The molecule has 0 radical (unpaired) electrons. The highest BCUT2D eigenvalue weighted by molar-refractivity contribution is 5.96. The van der Waals surface area contributed by atoms with Gasteiger partial charge in [0.05, 0.1) is 12.7 Å². The molecule has 1 aliphatic heterocycles. The van der Waals surface area contributed by atoms with Crippen LogP contribution in [0.2, 0.25) is 0 Å². The number of nitrogens with zero attached hydrogens (tertiary/aromatic N) is 2. The van der Waals surface area contributed by atoms with Crippen molar-refractivity contribution in [2.24, 2.45) is 5.92 Å². The van der Waals surface area contributed by atoms with Gasteiger partial charge >= 0.3 is 5.97 Å². The van der Waals surface area contributed by atoms with Gasteiger partial charge in [-0.3, -0.25) is 9.69 Å². The smallest absolute Gasteiger partial charge is 0.339 e. The van der Waals surface area contributed by atoms with E-state index < -0.39 is 5.97 Å². The Balaban J connectivity index is 2.13. The first-order valence-electron chi connectivity index (χ1n) is 6.14. The lowest BCUT2D eigenvalue weighted by Crippen LogP contribution is -2.27. The number of hydrogen-bond donors (Lipinski definition) is 0. The third kappa shape index (κ3) is 2.65. The number of rotatable bonds is 4. The number of ether oxygens (including phenoxy) is 1. The highest BCUT2D eigenvalue weighted by Crippen LogP contribution is 2.26. The molecule has 1 fully saturated rings. The summed E-state index contributed by atoms with van der Waals surface area (Å²) in [4.78, 5) is 29.2. The first-order valence-corrected chi connectivity index (χ1v) is 6.14. The van der Waals surface area contributed by atoms with E-state index in [9.17, 15) is 9.59 Å². The Kier molecular flexibility index (Phi) is 3.94. The van der Waals surface area contributed by atoms with Gasteiger partial charge in [-0.15, -0.1) is 6.58 Å². The van der Waals surface area contributed by atoms with Crippen LogP contribution < -0.4 is 4.90 Å². The van der Waals surface area contributed by atoms with Gasteiger partial charge in [0.2, 0.25) is 5.91 Å². The van der Waals surface area contributed by atoms with Crippen LogP contribution in [-0.2, 0) is 9.53 Å². The number of aromatic nitrogens is 1. The van der Waals surface area contributed by atoms with Gasteiger partial charge in [0.15, 0.2) is 0 Å². The number of pyridine rings is 1. The Morgan fingerprint density at radius 3 is 3.00 bits per heavy atom. The number of esters is 1. The van der Waals surface area contributed by atoms with Crippen LogP contribution in [-0.4, -0.2) is 30.5 Å². The minimum atomic E-state index is -0.434. The van der Waals surface area contributed by atoms with E-state index in [1.165, 1.54) is 13.3 Å². The molecule has 0 spiro atoms. The van der Waals surface area contributed by atoms with E-state index in [1.807, 2.05) is 0 Å². The second-order valence-corrected chi connectivity index (χ2v) is 4.40. The van der Waals surface area contributed by atoms with Crippen LogP contribution in [0.1, 0.15) is 23.2 Å². The highest BCUT2D eigenvalue weighted by Gasteiger charge is 2.32. The van der Waals surface area contributed by atoms with E-state index in [-0.39, 0.29) is 11.8 Å². The lowest BCUT2D eigenvalue weighted by atomic mass is 10.0. The summed E-state index contributed by atoms with van der Waals surface area (Å²) in [7, 11) is 1.32. The SMILES string of the molecule is C=CC[C@H]1CCN(c2ccc(C(=O)OC)cn2)C1=O. The molecule has 0 bridgehead atoms. The second kappa shape index (κ2) is 5.65. The second-order valence-electron chi connectivity index (χ2n) is 4.40. The van der Waals surface area contributed by atoms with Crippen molar-refractivity contribution >= 4 is 17.7 Å². The van der Waals surface area contributed by atoms with Gasteiger partial charge in [-0.05, 0) is 25.0 Å². The topological polar surface area (TPSA) is 59.5 Å². The van der Waals surface area contributed by atoms with Crippen molar-refractivity contribution in [1.82, 2.24) is 4.98 Å². The monoisotopic (exact) mass is 260 g/mol. The third-order valence-corrected chi connectivity index (χ3v) is 3.21. The van der Waals surface area contributed by atoms with Gasteiger partial charge in [0.1, 0.15) is 5.82 Å². The summed E-state index contributed by atoms with van der Waals surface area (Å²) in [6, 6.07) is 3.28. The van der Waals surface area contributed by atoms with Crippen molar-refractivity contribution in [1.29, 1.82) is 0 Å². The average Bonchev–Trinajstić information content (AvgIpc) is 2.80. The highest BCUT2D eigenvalue weighted by atomic mass is 16.5. The van der Waals surface area contributed by atoms with Crippen LogP contribution >= 0.6 is 0 Å². The molecule has 0 saturated carbocycles. The summed E-state index contributed by atoms with van der Waals surface area (Å²) in [6.07, 6.45) is 4.69. The molecule has 1 saturated heterocycles. The number of hydrogen-bond acceptors (Lipinski definition) is 4. The predicted octanol–water partition coefficient (Wildman–Crippen LogP) is 1.80. The molecule has 2 rings (SSSR count). The average molecular weight is 260 g/mol. The predicted molar refractivity (Wildman–Crippen MR) is 70.9 cm³/mol. The van der Waals surface area contributed by atoms with Gasteiger partial charge in [0, 0.05) is 18.7 Å². The molecule has 0 N–H and O–H groups in total. The van der Waals surface area contributed by atoms with E-state index in [0.717, 1.165) is 6.42 Å². The first kappa shape index (κ1) is 13.3. The Hall–Kier alpha value is -2.17. The Morgan fingerprint density at radius 2 is 2.42 bits per heavy atom. The molecule has 19 heavy (non-hydrogen) atoms. The van der Waals surface area contributed by atoms with Crippen LogP contribution in [0, 0.1) is 5.92 Å². The normalized spacial score (nSPS) is 18.5. The van der Waals surface area contributed by atoms with Crippen molar-refractivity contribution in [3.8, 4) is 0 Å². The molecule has 1 atom stereocenters. The van der Waals surface area contributed by atoms with Crippen LogP contribution in [0.25, 0.3) is 0 Å². The van der Waals surface area contributed by atoms with Crippen molar-refractivity contribution in [2.45, 2.75) is 12.8 Å². The van der Waals surface area contributed by atoms with Crippen molar-refractivity contribution in [3.05, 3.63) is 36.5 Å². The number of carbonyl (C=O) groups excluding carboxylic acids is 2. The largest absolute Gasteiger partial charge is 0.465 e. The Labute approximate surface area is 111 Å². The maximum Gasteiger partial charge on any atom is 0.339 e. The molecule has 1 amide bonds. The molecule has 1 aliphatic rings.